The second-order valence-electron chi connectivity index (χ2n) is 10.1. The molecule has 3 rings (SSSR count). The lowest BCUT2D eigenvalue weighted by Crippen LogP contribution is -2.49. The summed E-state index contributed by atoms with van der Waals surface area (Å²) in [6.45, 7) is 7.29. The van der Waals surface area contributed by atoms with Crippen LogP contribution >= 0.6 is 0 Å². The number of rotatable bonds is 15. The van der Waals surface area contributed by atoms with E-state index in [-0.39, 0.29) is 12.1 Å². The number of carbonyl (C=O) groups is 2. The highest BCUT2D eigenvalue weighted by Crippen LogP contribution is 2.20. The predicted octanol–water partition coefficient (Wildman–Crippen LogP) is 4.04. The maximum absolute atomic E-state index is 12.4. The third-order valence-corrected chi connectivity index (χ3v) is 6.95. The number of nitrogens with one attached hydrogen (secondary N) is 2. The Labute approximate surface area is 226 Å². The molecule has 1 atom stereocenters. The number of ether oxygens (including phenoxy) is 1. The summed E-state index contributed by atoms with van der Waals surface area (Å²) in [6.07, 6.45) is 5.40. The number of carbonyl (C=O) groups excluding carboxylic acids is 1. The van der Waals surface area contributed by atoms with Crippen molar-refractivity contribution in [3.63, 3.8) is 0 Å². The number of amides is 2. The molecule has 0 saturated carbocycles. The van der Waals surface area contributed by atoms with E-state index in [1.807, 2.05) is 44.2 Å². The number of unbranched alkanes of at least 4 members (excludes halogenated alkanes) is 1. The van der Waals surface area contributed by atoms with Crippen LogP contribution in [0.2, 0.25) is 0 Å². The van der Waals surface area contributed by atoms with E-state index in [1.54, 1.807) is 7.05 Å². The zero-order chi connectivity index (χ0) is 27.3. The van der Waals surface area contributed by atoms with E-state index >= 15 is 0 Å². The molecule has 1 unspecified atom stereocenters. The zero-order valence-corrected chi connectivity index (χ0v) is 23.0. The summed E-state index contributed by atoms with van der Waals surface area (Å²) >= 11 is 0. The number of aliphatic carboxylic acids is 1. The van der Waals surface area contributed by atoms with Crippen LogP contribution in [-0.4, -0.2) is 83.8 Å². The number of urea groups is 1. The third kappa shape index (κ3) is 9.52. The van der Waals surface area contributed by atoms with Gasteiger partial charge in [-0.3, -0.25) is 4.90 Å². The first-order valence-electron chi connectivity index (χ1n) is 13.7. The van der Waals surface area contributed by atoms with Gasteiger partial charge in [-0.2, -0.15) is 0 Å². The molecule has 1 aromatic carbocycles. The lowest BCUT2D eigenvalue weighted by Gasteiger charge is -2.27. The van der Waals surface area contributed by atoms with Crippen molar-refractivity contribution in [2.24, 2.45) is 0 Å². The first kappa shape index (κ1) is 29.2. The van der Waals surface area contributed by atoms with Gasteiger partial charge in [-0.1, -0.05) is 24.3 Å². The van der Waals surface area contributed by atoms with Crippen LogP contribution in [0, 0.1) is 0 Å². The number of aromatic nitrogens is 1. The van der Waals surface area contributed by atoms with Crippen molar-refractivity contribution in [2.45, 2.75) is 64.5 Å². The minimum atomic E-state index is -1.02. The highest BCUT2D eigenvalue weighted by atomic mass is 16.5. The predicted molar refractivity (Wildman–Crippen MR) is 150 cm³/mol. The Morgan fingerprint density at radius 1 is 1.11 bits per heavy atom. The first-order valence-corrected chi connectivity index (χ1v) is 13.7. The van der Waals surface area contributed by atoms with Gasteiger partial charge >= 0.3 is 12.0 Å². The number of para-hydroxylation sites is 1. The average Bonchev–Trinajstić information content (AvgIpc) is 2.92. The summed E-state index contributed by atoms with van der Waals surface area (Å²) in [5, 5.41) is 15.8. The molecule has 0 fully saturated rings. The Kier molecular flexibility index (Phi) is 11.7. The molecule has 3 N–H and O–H groups in total. The summed E-state index contributed by atoms with van der Waals surface area (Å²) in [5.74, 6) is 0.813. The van der Waals surface area contributed by atoms with Gasteiger partial charge < -0.3 is 25.4 Å². The SMILES string of the molecule is CC(C)N(C)C(=O)NC(CCN(CCCCc1ccc2c(n1)NCCC2)CCOc1ccccc1)C(=O)O. The maximum Gasteiger partial charge on any atom is 0.326 e. The molecule has 9 nitrogen and oxygen atoms in total. The van der Waals surface area contributed by atoms with Crippen molar-refractivity contribution in [2.75, 3.05) is 45.2 Å². The van der Waals surface area contributed by atoms with Crippen molar-refractivity contribution in [1.82, 2.24) is 20.1 Å². The fraction of sp³-hybridized carbons (Fsp3) is 0.552. The van der Waals surface area contributed by atoms with Gasteiger partial charge in [-0.05, 0) is 82.7 Å². The molecule has 1 aromatic heterocycles. The molecule has 208 valence electrons. The molecule has 38 heavy (non-hydrogen) atoms. The molecule has 2 heterocycles. The summed E-state index contributed by atoms with van der Waals surface area (Å²) in [6, 6.07) is 12.6. The van der Waals surface area contributed by atoms with Gasteiger partial charge in [0.1, 0.15) is 24.2 Å². The van der Waals surface area contributed by atoms with Crippen molar-refractivity contribution >= 4 is 17.8 Å². The Morgan fingerprint density at radius 2 is 1.89 bits per heavy atom. The van der Waals surface area contributed by atoms with Crippen molar-refractivity contribution in [1.29, 1.82) is 0 Å². The number of benzene rings is 1. The number of aryl methyl sites for hydroxylation is 2. The molecule has 2 amide bonds. The monoisotopic (exact) mass is 525 g/mol. The first-order chi connectivity index (χ1) is 18.3. The Bertz CT molecular complexity index is 1020. The fourth-order valence-electron chi connectivity index (χ4n) is 4.35. The van der Waals surface area contributed by atoms with Gasteiger partial charge in [0, 0.05) is 38.4 Å². The van der Waals surface area contributed by atoms with E-state index in [0.29, 0.717) is 26.1 Å². The van der Waals surface area contributed by atoms with Crippen LogP contribution in [0.3, 0.4) is 0 Å². The molecule has 9 heteroatoms. The molecular formula is C29H43N5O4. The Hall–Kier alpha value is -3.33. The van der Waals surface area contributed by atoms with Crippen LogP contribution in [0.15, 0.2) is 42.5 Å². The summed E-state index contributed by atoms with van der Waals surface area (Å²) in [7, 11) is 1.67. The van der Waals surface area contributed by atoms with Crippen LogP contribution < -0.4 is 15.4 Å². The molecule has 0 aliphatic carbocycles. The van der Waals surface area contributed by atoms with E-state index in [4.69, 9.17) is 9.72 Å². The van der Waals surface area contributed by atoms with Crippen LogP contribution in [-0.2, 0) is 17.6 Å². The second-order valence-corrected chi connectivity index (χ2v) is 10.1. The third-order valence-electron chi connectivity index (χ3n) is 6.95. The van der Waals surface area contributed by atoms with Crippen molar-refractivity contribution in [3.8, 4) is 5.75 Å². The topological polar surface area (TPSA) is 107 Å². The average molecular weight is 526 g/mol. The highest BCUT2D eigenvalue weighted by molar-refractivity contribution is 5.82. The molecule has 1 aliphatic rings. The summed E-state index contributed by atoms with van der Waals surface area (Å²) < 4.78 is 5.89. The number of anilines is 1. The van der Waals surface area contributed by atoms with Gasteiger partial charge in [0.15, 0.2) is 0 Å². The Morgan fingerprint density at radius 3 is 2.63 bits per heavy atom. The molecule has 0 bridgehead atoms. The highest BCUT2D eigenvalue weighted by Gasteiger charge is 2.23. The van der Waals surface area contributed by atoms with Gasteiger partial charge in [-0.25, -0.2) is 14.6 Å². The largest absolute Gasteiger partial charge is 0.492 e. The fourth-order valence-corrected chi connectivity index (χ4v) is 4.35. The number of hydrogen-bond acceptors (Lipinski definition) is 6. The summed E-state index contributed by atoms with van der Waals surface area (Å²) in [5.41, 5.74) is 2.39. The van der Waals surface area contributed by atoms with Gasteiger partial charge in [0.25, 0.3) is 0 Å². The number of pyridine rings is 1. The van der Waals surface area contributed by atoms with Crippen LogP contribution in [0.25, 0.3) is 0 Å². The van der Waals surface area contributed by atoms with E-state index in [1.165, 1.54) is 10.5 Å². The second kappa shape index (κ2) is 15.2. The number of carboxylic acid groups (broad SMARTS) is 1. The minimum Gasteiger partial charge on any atom is -0.492 e. The Balaban J connectivity index is 1.52. The molecule has 2 aromatic rings. The van der Waals surface area contributed by atoms with E-state index in [2.05, 4.69) is 27.7 Å². The lowest BCUT2D eigenvalue weighted by molar-refractivity contribution is -0.139. The normalized spacial score (nSPS) is 13.5. The van der Waals surface area contributed by atoms with Crippen LogP contribution in [0.5, 0.6) is 5.75 Å². The summed E-state index contributed by atoms with van der Waals surface area (Å²) in [4.78, 5) is 32.8. The maximum atomic E-state index is 12.4. The zero-order valence-electron chi connectivity index (χ0n) is 23.0. The van der Waals surface area contributed by atoms with Crippen LogP contribution in [0.4, 0.5) is 10.6 Å². The molecular weight excluding hydrogens is 482 g/mol. The molecule has 1 aliphatic heterocycles. The standard InChI is InChI=1S/C29H43N5O4/c1-22(2)33(3)29(37)32-26(28(35)36)16-19-34(20-21-38-25-12-5-4-6-13-25)18-8-7-11-24-15-14-23-10-9-17-30-27(23)31-24/h4-6,12-15,22,26H,7-11,16-21H2,1-3H3,(H,30,31)(H,32,37)(H,35,36). The number of fused-ring (bicyclic) bond motifs is 1. The quantitative estimate of drug-likeness (QED) is 0.301. The number of nitrogens with zero attached hydrogens (tertiary/aromatic N) is 3. The van der Waals surface area contributed by atoms with E-state index < -0.39 is 12.0 Å². The molecule has 0 saturated heterocycles. The van der Waals surface area contributed by atoms with Gasteiger partial charge in [0.05, 0.1) is 0 Å². The number of hydrogen-bond donors (Lipinski definition) is 3. The van der Waals surface area contributed by atoms with Crippen LogP contribution in [0.1, 0.15) is 50.8 Å². The molecule has 0 spiro atoms. The lowest BCUT2D eigenvalue weighted by atomic mass is 10.1. The van der Waals surface area contributed by atoms with Gasteiger partial charge in [0.2, 0.25) is 0 Å². The number of carboxylic acids is 1. The van der Waals surface area contributed by atoms with Crippen molar-refractivity contribution < 1.29 is 19.4 Å². The van der Waals surface area contributed by atoms with Crippen molar-refractivity contribution in [3.05, 3.63) is 53.7 Å². The van der Waals surface area contributed by atoms with E-state index in [9.17, 15) is 14.7 Å². The smallest absolute Gasteiger partial charge is 0.326 e. The minimum absolute atomic E-state index is 0.0172. The van der Waals surface area contributed by atoms with Gasteiger partial charge in [-0.15, -0.1) is 0 Å². The molecule has 0 radical (unpaired) electrons. The van der Waals surface area contributed by atoms with E-state index in [0.717, 1.165) is 62.5 Å².